The third-order valence-electron chi connectivity index (χ3n) is 2.35. The lowest BCUT2D eigenvalue weighted by Gasteiger charge is -2.12. The Bertz CT molecular complexity index is 363. The summed E-state index contributed by atoms with van der Waals surface area (Å²) in [5.41, 5.74) is 1.13. The summed E-state index contributed by atoms with van der Waals surface area (Å²) in [6.45, 7) is 1.62. The van der Waals surface area contributed by atoms with E-state index >= 15 is 0 Å². The number of benzene rings is 1. The van der Waals surface area contributed by atoms with Crippen molar-refractivity contribution >= 4 is 5.97 Å². The maximum atomic E-state index is 13.1. The molecule has 1 atom stereocenters. The van der Waals surface area contributed by atoms with E-state index in [0.29, 0.717) is 11.1 Å². The van der Waals surface area contributed by atoms with Crippen LogP contribution in [0.25, 0.3) is 0 Å². The number of methoxy groups -OCH3 is 1. The Morgan fingerprint density at radius 1 is 1.60 bits per heavy atom. The highest BCUT2D eigenvalue weighted by Crippen LogP contribution is 2.14. The third kappa shape index (κ3) is 2.76. The minimum absolute atomic E-state index is 0.176. The molecule has 0 spiro atoms. The Morgan fingerprint density at radius 3 is 2.80 bits per heavy atom. The second kappa shape index (κ2) is 4.89. The van der Waals surface area contributed by atoms with Crippen LogP contribution < -0.4 is 0 Å². The molecular weight excluding hydrogens is 199 g/mol. The molecule has 0 amide bonds. The minimum Gasteiger partial charge on any atom is -0.479 e. The Labute approximate surface area is 87.5 Å². The average molecular weight is 212 g/mol. The van der Waals surface area contributed by atoms with Crippen molar-refractivity contribution in [3.05, 3.63) is 35.1 Å². The van der Waals surface area contributed by atoms with Crippen molar-refractivity contribution in [3.8, 4) is 0 Å². The molecule has 1 aromatic carbocycles. The summed E-state index contributed by atoms with van der Waals surface area (Å²) in [4.78, 5) is 10.7. The van der Waals surface area contributed by atoms with Gasteiger partial charge in [-0.2, -0.15) is 0 Å². The van der Waals surface area contributed by atoms with E-state index in [4.69, 9.17) is 9.84 Å². The van der Waals surface area contributed by atoms with Gasteiger partial charge in [0, 0.05) is 13.5 Å². The van der Waals surface area contributed by atoms with Crippen LogP contribution in [0.1, 0.15) is 11.1 Å². The van der Waals surface area contributed by atoms with E-state index in [1.165, 1.54) is 13.2 Å². The largest absolute Gasteiger partial charge is 0.479 e. The zero-order valence-corrected chi connectivity index (χ0v) is 8.66. The first kappa shape index (κ1) is 11.7. The van der Waals surface area contributed by atoms with E-state index in [0.717, 1.165) is 0 Å². The maximum Gasteiger partial charge on any atom is 0.333 e. The summed E-state index contributed by atoms with van der Waals surface area (Å²) in [5.74, 6) is -1.37. The van der Waals surface area contributed by atoms with Crippen LogP contribution >= 0.6 is 0 Å². The van der Waals surface area contributed by atoms with Gasteiger partial charge in [-0.15, -0.1) is 0 Å². The minimum atomic E-state index is -1.04. The zero-order chi connectivity index (χ0) is 11.4. The first-order valence-corrected chi connectivity index (χ1v) is 4.56. The summed E-state index contributed by atoms with van der Waals surface area (Å²) in [5, 5.41) is 8.78. The molecule has 0 aliphatic heterocycles. The highest BCUT2D eigenvalue weighted by atomic mass is 19.1. The quantitative estimate of drug-likeness (QED) is 0.827. The smallest absolute Gasteiger partial charge is 0.333 e. The summed E-state index contributed by atoms with van der Waals surface area (Å²) in [6, 6.07) is 4.61. The molecule has 82 valence electrons. The first-order valence-electron chi connectivity index (χ1n) is 4.56. The van der Waals surface area contributed by atoms with Crippen molar-refractivity contribution in [1.82, 2.24) is 0 Å². The molecule has 0 aromatic heterocycles. The van der Waals surface area contributed by atoms with Crippen LogP contribution in [-0.4, -0.2) is 24.3 Å². The van der Waals surface area contributed by atoms with Gasteiger partial charge in [0.1, 0.15) is 5.82 Å². The Balaban J connectivity index is 2.88. The van der Waals surface area contributed by atoms with Gasteiger partial charge >= 0.3 is 5.97 Å². The molecule has 1 unspecified atom stereocenters. The van der Waals surface area contributed by atoms with Crippen LogP contribution in [0.15, 0.2) is 18.2 Å². The van der Waals surface area contributed by atoms with Gasteiger partial charge in [0.05, 0.1) is 0 Å². The molecule has 0 aliphatic carbocycles. The van der Waals surface area contributed by atoms with E-state index in [-0.39, 0.29) is 12.2 Å². The van der Waals surface area contributed by atoms with Crippen LogP contribution in [0.5, 0.6) is 0 Å². The van der Waals surface area contributed by atoms with Crippen LogP contribution in [0.2, 0.25) is 0 Å². The van der Waals surface area contributed by atoms with Crippen molar-refractivity contribution in [1.29, 1.82) is 0 Å². The van der Waals surface area contributed by atoms with Crippen molar-refractivity contribution in [3.63, 3.8) is 0 Å². The lowest BCUT2D eigenvalue weighted by atomic mass is 10.0. The summed E-state index contributed by atoms with van der Waals surface area (Å²) < 4.78 is 17.9. The molecule has 1 rings (SSSR count). The molecule has 0 bridgehead atoms. The van der Waals surface area contributed by atoms with Crippen LogP contribution in [0.3, 0.4) is 0 Å². The molecule has 0 heterocycles. The summed E-state index contributed by atoms with van der Waals surface area (Å²) in [7, 11) is 1.33. The lowest BCUT2D eigenvalue weighted by Crippen LogP contribution is -2.25. The van der Waals surface area contributed by atoms with Crippen LogP contribution in [0, 0.1) is 12.7 Å². The molecule has 0 saturated carbocycles. The fraction of sp³-hybridized carbons (Fsp3) is 0.364. The number of rotatable bonds is 4. The third-order valence-corrected chi connectivity index (χ3v) is 2.35. The number of carbonyl (C=O) groups is 1. The van der Waals surface area contributed by atoms with Crippen molar-refractivity contribution in [2.24, 2.45) is 0 Å². The van der Waals surface area contributed by atoms with E-state index in [1.807, 2.05) is 0 Å². The number of ether oxygens (including phenoxy) is 1. The van der Waals surface area contributed by atoms with Crippen molar-refractivity contribution in [2.45, 2.75) is 19.4 Å². The Hall–Kier alpha value is -1.42. The molecule has 4 heteroatoms. The van der Waals surface area contributed by atoms with Gasteiger partial charge in [0.2, 0.25) is 0 Å². The van der Waals surface area contributed by atoms with Gasteiger partial charge in [0.15, 0.2) is 6.10 Å². The highest BCUT2D eigenvalue weighted by molar-refractivity contribution is 5.72. The lowest BCUT2D eigenvalue weighted by molar-refractivity contribution is -0.148. The van der Waals surface area contributed by atoms with E-state index < -0.39 is 12.1 Å². The molecule has 0 saturated heterocycles. The predicted octanol–water partition coefficient (Wildman–Crippen LogP) is 1.78. The summed E-state index contributed by atoms with van der Waals surface area (Å²) in [6.07, 6.45) is -0.749. The topological polar surface area (TPSA) is 46.5 Å². The molecule has 3 nitrogen and oxygen atoms in total. The predicted molar refractivity (Wildman–Crippen MR) is 53.3 cm³/mol. The number of halogens is 1. The second-order valence-corrected chi connectivity index (χ2v) is 3.29. The second-order valence-electron chi connectivity index (χ2n) is 3.29. The SMILES string of the molecule is COC(Cc1cccc(F)c1C)C(=O)O. The number of hydrogen-bond acceptors (Lipinski definition) is 2. The molecule has 1 aromatic rings. The zero-order valence-electron chi connectivity index (χ0n) is 8.66. The molecule has 0 fully saturated rings. The monoisotopic (exact) mass is 212 g/mol. The molecule has 0 radical (unpaired) electrons. The number of carboxylic acid groups (broad SMARTS) is 1. The fourth-order valence-corrected chi connectivity index (χ4v) is 1.34. The van der Waals surface area contributed by atoms with Gasteiger partial charge in [-0.1, -0.05) is 12.1 Å². The van der Waals surface area contributed by atoms with E-state index in [1.54, 1.807) is 19.1 Å². The molecular formula is C11H13FO3. The van der Waals surface area contributed by atoms with Gasteiger partial charge in [-0.3, -0.25) is 0 Å². The van der Waals surface area contributed by atoms with Gasteiger partial charge in [0.25, 0.3) is 0 Å². The van der Waals surface area contributed by atoms with Crippen LogP contribution in [-0.2, 0) is 16.0 Å². The fourth-order valence-electron chi connectivity index (χ4n) is 1.34. The van der Waals surface area contributed by atoms with Crippen molar-refractivity contribution in [2.75, 3.05) is 7.11 Å². The highest BCUT2D eigenvalue weighted by Gasteiger charge is 2.18. The van der Waals surface area contributed by atoms with E-state index in [2.05, 4.69) is 0 Å². The molecule has 15 heavy (non-hydrogen) atoms. The standard InChI is InChI=1S/C11H13FO3/c1-7-8(4-3-5-9(7)12)6-10(15-2)11(13)14/h3-5,10H,6H2,1-2H3,(H,13,14). The Morgan fingerprint density at radius 2 is 2.27 bits per heavy atom. The number of carboxylic acids is 1. The molecule has 1 N–H and O–H groups in total. The van der Waals surface area contributed by atoms with Crippen LogP contribution in [0.4, 0.5) is 4.39 Å². The number of aliphatic carboxylic acids is 1. The van der Waals surface area contributed by atoms with Gasteiger partial charge in [-0.05, 0) is 24.1 Å². The summed E-state index contributed by atoms with van der Waals surface area (Å²) >= 11 is 0. The number of hydrogen-bond donors (Lipinski definition) is 1. The Kier molecular flexibility index (Phi) is 3.80. The van der Waals surface area contributed by atoms with Gasteiger partial charge < -0.3 is 9.84 Å². The first-order chi connectivity index (χ1) is 7.06. The van der Waals surface area contributed by atoms with Crippen molar-refractivity contribution < 1.29 is 19.0 Å². The van der Waals surface area contributed by atoms with Gasteiger partial charge in [-0.25, -0.2) is 9.18 Å². The van der Waals surface area contributed by atoms with E-state index in [9.17, 15) is 9.18 Å². The normalized spacial score (nSPS) is 12.5. The maximum absolute atomic E-state index is 13.1. The molecule has 0 aliphatic rings. The average Bonchev–Trinajstić information content (AvgIpc) is 2.19.